The fourth-order valence-electron chi connectivity index (χ4n) is 1.39. The molecule has 0 aromatic heterocycles. The minimum Gasteiger partial charge on any atom is -0.492 e. The first-order chi connectivity index (χ1) is 7.69. The van der Waals surface area contributed by atoms with Crippen molar-refractivity contribution in [2.24, 2.45) is 0 Å². The van der Waals surface area contributed by atoms with Crippen LogP contribution >= 0.6 is 27.7 Å². The van der Waals surface area contributed by atoms with Crippen LogP contribution in [-0.2, 0) is 0 Å². The van der Waals surface area contributed by atoms with Crippen LogP contribution in [0.15, 0.2) is 16.6 Å². The van der Waals surface area contributed by atoms with Crippen molar-refractivity contribution in [1.82, 2.24) is 0 Å². The van der Waals surface area contributed by atoms with Crippen molar-refractivity contribution < 1.29 is 9.53 Å². The maximum Gasteiger partial charge on any atom is 0.153 e. The third-order valence-electron chi connectivity index (χ3n) is 2.07. The number of carbonyl (C=O) groups is 1. The smallest absolute Gasteiger partial charge is 0.153 e. The van der Waals surface area contributed by atoms with Gasteiger partial charge in [0.15, 0.2) is 6.29 Å². The highest BCUT2D eigenvalue weighted by Crippen LogP contribution is 2.26. The molecule has 0 radical (unpaired) electrons. The van der Waals surface area contributed by atoms with Crippen LogP contribution in [0, 0.1) is 6.92 Å². The van der Waals surface area contributed by atoms with Gasteiger partial charge in [-0.3, -0.25) is 4.79 Å². The molecule has 16 heavy (non-hydrogen) atoms. The number of hydrogen-bond donors (Lipinski definition) is 0. The minimum absolute atomic E-state index is 0.605. The number of rotatable bonds is 6. The summed E-state index contributed by atoms with van der Waals surface area (Å²) >= 11 is 5.19. The van der Waals surface area contributed by atoms with Gasteiger partial charge in [0, 0.05) is 10.2 Å². The molecule has 0 amide bonds. The van der Waals surface area contributed by atoms with Crippen molar-refractivity contribution in [1.29, 1.82) is 0 Å². The van der Waals surface area contributed by atoms with E-state index in [2.05, 4.69) is 22.9 Å². The summed E-state index contributed by atoms with van der Waals surface area (Å²) in [5.74, 6) is 2.74. The largest absolute Gasteiger partial charge is 0.492 e. The Morgan fingerprint density at radius 1 is 1.50 bits per heavy atom. The van der Waals surface area contributed by atoms with Gasteiger partial charge in [-0.05, 0) is 30.4 Å². The summed E-state index contributed by atoms with van der Waals surface area (Å²) in [5, 5.41) is 0. The van der Waals surface area contributed by atoms with Crippen molar-refractivity contribution in [3.63, 3.8) is 0 Å². The van der Waals surface area contributed by atoms with Gasteiger partial charge in [0.1, 0.15) is 5.75 Å². The van der Waals surface area contributed by atoms with Crippen LogP contribution in [0.2, 0.25) is 0 Å². The van der Waals surface area contributed by atoms with Gasteiger partial charge >= 0.3 is 0 Å². The fourth-order valence-corrected chi connectivity index (χ4v) is 2.47. The molecule has 0 spiro atoms. The number of halogens is 1. The summed E-state index contributed by atoms with van der Waals surface area (Å²) in [5.41, 5.74) is 1.59. The topological polar surface area (TPSA) is 26.3 Å². The van der Waals surface area contributed by atoms with Crippen molar-refractivity contribution in [3.8, 4) is 5.75 Å². The Kier molecular flexibility index (Phi) is 5.91. The number of carbonyl (C=O) groups excluding carboxylic acids is 1. The van der Waals surface area contributed by atoms with Crippen LogP contribution in [0.4, 0.5) is 0 Å². The summed E-state index contributed by atoms with van der Waals surface area (Å²) in [6.07, 6.45) is 0.833. The van der Waals surface area contributed by atoms with E-state index in [0.29, 0.717) is 17.9 Å². The zero-order valence-corrected chi connectivity index (χ0v) is 11.9. The van der Waals surface area contributed by atoms with Crippen LogP contribution in [0.5, 0.6) is 5.75 Å². The van der Waals surface area contributed by atoms with Gasteiger partial charge in [-0.25, -0.2) is 0 Å². The Morgan fingerprint density at radius 2 is 2.25 bits per heavy atom. The van der Waals surface area contributed by atoms with Gasteiger partial charge in [-0.15, -0.1) is 0 Å². The second-order valence-electron chi connectivity index (χ2n) is 3.30. The maximum absolute atomic E-state index is 10.9. The molecular formula is C12H15BrO2S. The molecule has 0 fully saturated rings. The standard InChI is InChI=1S/C12H15BrO2S/c1-3-16-5-4-15-12-9(2)6-11(13)7-10(12)8-14/h6-8H,3-5H2,1-2H3. The number of aldehydes is 1. The van der Waals surface area contributed by atoms with E-state index in [9.17, 15) is 4.79 Å². The zero-order valence-electron chi connectivity index (χ0n) is 9.46. The molecule has 0 heterocycles. The first kappa shape index (κ1) is 13.6. The van der Waals surface area contributed by atoms with E-state index in [1.54, 1.807) is 6.07 Å². The molecule has 0 aliphatic rings. The number of ether oxygens (including phenoxy) is 1. The Bertz CT molecular complexity index is 366. The van der Waals surface area contributed by atoms with E-state index in [0.717, 1.165) is 27.8 Å². The van der Waals surface area contributed by atoms with Crippen molar-refractivity contribution >= 4 is 34.0 Å². The molecule has 0 N–H and O–H groups in total. The first-order valence-electron chi connectivity index (χ1n) is 5.15. The van der Waals surface area contributed by atoms with E-state index in [1.807, 2.05) is 24.8 Å². The Hall–Kier alpha value is -0.480. The average Bonchev–Trinajstić information content (AvgIpc) is 2.26. The summed E-state index contributed by atoms with van der Waals surface area (Å²) < 4.78 is 6.55. The zero-order chi connectivity index (χ0) is 12.0. The van der Waals surface area contributed by atoms with E-state index in [1.165, 1.54) is 0 Å². The lowest BCUT2D eigenvalue weighted by Gasteiger charge is -2.11. The predicted molar refractivity (Wildman–Crippen MR) is 72.8 cm³/mol. The van der Waals surface area contributed by atoms with Crippen molar-refractivity contribution in [2.45, 2.75) is 13.8 Å². The Morgan fingerprint density at radius 3 is 2.88 bits per heavy atom. The summed E-state index contributed by atoms with van der Waals surface area (Å²) in [7, 11) is 0. The van der Waals surface area contributed by atoms with Gasteiger partial charge in [-0.2, -0.15) is 11.8 Å². The molecule has 0 atom stereocenters. The highest BCUT2D eigenvalue weighted by atomic mass is 79.9. The van der Waals surface area contributed by atoms with Crippen LogP contribution in [-0.4, -0.2) is 24.4 Å². The van der Waals surface area contributed by atoms with Crippen LogP contribution in [0.25, 0.3) is 0 Å². The minimum atomic E-state index is 0.605. The fraction of sp³-hybridized carbons (Fsp3) is 0.417. The van der Waals surface area contributed by atoms with Gasteiger partial charge < -0.3 is 4.74 Å². The second-order valence-corrected chi connectivity index (χ2v) is 5.61. The first-order valence-corrected chi connectivity index (χ1v) is 7.09. The quantitative estimate of drug-likeness (QED) is 0.592. The lowest BCUT2D eigenvalue weighted by Crippen LogP contribution is -2.04. The van der Waals surface area contributed by atoms with E-state index >= 15 is 0 Å². The molecule has 0 bridgehead atoms. The van der Waals surface area contributed by atoms with Gasteiger partial charge in [-0.1, -0.05) is 22.9 Å². The molecule has 0 saturated heterocycles. The molecule has 1 aromatic rings. The molecule has 4 heteroatoms. The van der Waals surface area contributed by atoms with Gasteiger partial charge in [0.05, 0.1) is 12.2 Å². The molecule has 1 aromatic carbocycles. The summed E-state index contributed by atoms with van der Waals surface area (Å²) in [4.78, 5) is 10.9. The third kappa shape index (κ3) is 3.83. The van der Waals surface area contributed by atoms with Gasteiger partial charge in [0.25, 0.3) is 0 Å². The Balaban J connectivity index is 2.74. The van der Waals surface area contributed by atoms with Crippen molar-refractivity contribution in [2.75, 3.05) is 18.1 Å². The van der Waals surface area contributed by atoms with Crippen LogP contribution in [0.3, 0.4) is 0 Å². The maximum atomic E-state index is 10.9. The molecule has 1 rings (SSSR count). The van der Waals surface area contributed by atoms with E-state index in [-0.39, 0.29) is 0 Å². The number of hydrogen-bond acceptors (Lipinski definition) is 3. The lowest BCUT2D eigenvalue weighted by molar-refractivity contribution is 0.111. The molecule has 0 aliphatic carbocycles. The normalized spacial score (nSPS) is 10.2. The number of benzene rings is 1. The second kappa shape index (κ2) is 6.97. The SMILES string of the molecule is CCSCCOc1c(C)cc(Br)cc1C=O. The molecule has 2 nitrogen and oxygen atoms in total. The summed E-state index contributed by atoms with van der Waals surface area (Å²) in [6, 6.07) is 3.73. The van der Waals surface area contributed by atoms with E-state index < -0.39 is 0 Å². The van der Waals surface area contributed by atoms with Crippen molar-refractivity contribution in [3.05, 3.63) is 27.7 Å². The highest BCUT2D eigenvalue weighted by molar-refractivity contribution is 9.10. The molecule has 88 valence electrons. The predicted octanol–water partition coefficient (Wildman–Crippen LogP) is 3.70. The average molecular weight is 303 g/mol. The lowest BCUT2D eigenvalue weighted by atomic mass is 10.1. The Labute approximate surface area is 109 Å². The summed E-state index contributed by atoms with van der Waals surface area (Å²) in [6.45, 7) is 4.70. The molecular weight excluding hydrogens is 288 g/mol. The monoisotopic (exact) mass is 302 g/mol. The highest BCUT2D eigenvalue weighted by Gasteiger charge is 2.08. The van der Waals surface area contributed by atoms with Crippen LogP contribution in [0.1, 0.15) is 22.8 Å². The number of aryl methyl sites for hydroxylation is 1. The third-order valence-corrected chi connectivity index (χ3v) is 3.39. The van der Waals surface area contributed by atoms with Gasteiger partial charge in [0.2, 0.25) is 0 Å². The molecule has 0 saturated carbocycles. The van der Waals surface area contributed by atoms with Crippen LogP contribution < -0.4 is 4.74 Å². The molecule has 0 unspecified atom stereocenters. The molecule has 0 aliphatic heterocycles. The van der Waals surface area contributed by atoms with E-state index in [4.69, 9.17) is 4.74 Å². The number of thioether (sulfide) groups is 1.